The maximum absolute atomic E-state index is 13.3. The maximum Gasteiger partial charge on any atom is 0.238 e. The molecule has 1 aliphatic heterocycles. The van der Waals surface area contributed by atoms with Gasteiger partial charge in [0.2, 0.25) is 10.0 Å². The summed E-state index contributed by atoms with van der Waals surface area (Å²) in [4.78, 5) is -0.241. The molecular formula is C27H23ClN2O7S2. The van der Waals surface area contributed by atoms with Gasteiger partial charge in [-0.05, 0) is 49.6 Å². The average molecular weight is 587 g/mol. The highest BCUT2D eigenvalue weighted by molar-refractivity contribution is 7.90. The first-order valence-electron chi connectivity index (χ1n) is 12.1. The summed E-state index contributed by atoms with van der Waals surface area (Å²) in [5, 5.41) is 10.1. The van der Waals surface area contributed by atoms with E-state index < -0.39 is 19.9 Å². The highest BCUT2D eigenvalue weighted by atomic mass is 35.5. The fourth-order valence-electron chi connectivity index (χ4n) is 4.64. The van der Waals surface area contributed by atoms with E-state index in [1.807, 2.05) is 19.1 Å². The smallest absolute Gasteiger partial charge is 0.238 e. The number of nitrogens with two attached hydrogens (primary N) is 1. The van der Waals surface area contributed by atoms with Gasteiger partial charge in [0, 0.05) is 29.2 Å². The molecule has 2 heterocycles. The lowest BCUT2D eigenvalue weighted by Gasteiger charge is -2.12. The van der Waals surface area contributed by atoms with Gasteiger partial charge in [-0.1, -0.05) is 35.0 Å². The third kappa shape index (κ3) is 4.91. The minimum absolute atomic E-state index is 0.0590. The van der Waals surface area contributed by atoms with Crippen LogP contribution < -0.4 is 14.6 Å². The van der Waals surface area contributed by atoms with Crippen LogP contribution in [0.4, 0.5) is 0 Å². The van der Waals surface area contributed by atoms with Gasteiger partial charge in [-0.25, -0.2) is 22.0 Å². The molecule has 1 saturated carbocycles. The van der Waals surface area contributed by atoms with Crippen LogP contribution in [0, 0.1) is 6.92 Å². The monoisotopic (exact) mass is 586 g/mol. The first-order valence-corrected chi connectivity index (χ1v) is 15.7. The predicted octanol–water partition coefficient (Wildman–Crippen LogP) is 5.49. The Bertz CT molecular complexity index is 1830. The second-order valence-corrected chi connectivity index (χ2v) is 13.6. The standard InChI is InChI=1S/C27H23ClN2O7S2/c1-15-3-2-4-21(28)25(15)26-20(27(37-30-26)16-5-6-16)13-35-18-8-10-22-24(11-18)38(31,32)14-17-7-9-19(39(29,33)34)12-23(17)36-22/h2-4,7-12,16H,5-6,13-14H2,1H3,(H2,29,33,34). The number of fused-ring (bicyclic) bond motifs is 2. The largest absolute Gasteiger partial charge is 0.489 e. The van der Waals surface area contributed by atoms with Gasteiger partial charge in [-0.15, -0.1) is 0 Å². The summed E-state index contributed by atoms with van der Waals surface area (Å²) in [5.41, 5.74) is 3.40. The molecule has 0 bridgehead atoms. The molecule has 12 heteroatoms. The molecule has 202 valence electrons. The van der Waals surface area contributed by atoms with Crippen LogP contribution in [0.5, 0.6) is 17.2 Å². The molecule has 0 radical (unpaired) electrons. The number of hydrogen-bond donors (Lipinski definition) is 1. The van der Waals surface area contributed by atoms with Crippen molar-refractivity contribution < 1.29 is 30.8 Å². The van der Waals surface area contributed by atoms with Crippen LogP contribution in [0.1, 0.15) is 41.2 Å². The van der Waals surface area contributed by atoms with E-state index in [-0.39, 0.29) is 39.6 Å². The van der Waals surface area contributed by atoms with E-state index in [1.165, 1.54) is 30.3 Å². The van der Waals surface area contributed by atoms with Crippen molar-refractivity contribution in [1.82, 2.24) is 5.16 Å². The number of sulfone groups is 1. The molecule has 2 aliphatic rings. The third-order valence-electron chi connectivity index (χ3n) is 6.79. The second-order valence-electron chi connectivity index (χ2n) is 9.65. The fraction of sp³-hybridized carbons (Fsp3) is 0.222. The number of aromatic nitrogens is 1. The van der Waals surface area contributed by atoms with Crippen molar-refractivity contribution in [3.63, 3.8) is 0 Å². The van der Waals surface area contributed by atoms with Crippen LogP contribution in [0.25, 0.3) is 11.3 Å². The lowest BCUT2D eigenvalue weighted by atomic mass is 10.0. The fourth-order valence-corrected chi connectivity index (χ4v) is 7.00. The van der Waals surface area contributed by atoms with Crippen molar-refractivity contribution in [2.75, 3.05) is 0 Å². The molecule has 0 spiro atoms. The Morgan fingerprint density at radius 3 is 2.62 bits per heavy atom. The molecule has 4 aromatic rings. The van der Waals surface area contributed by atoms with E-state index in [2.05, 4.69) is 5.16 Å². The SMILES string of the molecule is Cc1cccc(Cl)c1-c1noc(C2CC2)c1COc1ccc2c(c1)S(=O)(=O)Cc1ccc(S(N)(=O)=O)cc1O2. The average Bonchev–Trinajstić information content (AvgIpc) is 3.64. The van der Waals surface area contributed by atoms with E-state index in [1.54, 1.807) is 12.1 Å². The molecule has 2 N–H and O–H groups in total. The normalized spacial score (nSPS) is 16.1. The van der Waals surface area contributed by atoms with Gasteiger partial charge in [-0.2, -0.15) is 0 Å². The molecule has 1 aromatic heterocycles. The number of primary sulfonamides is 1. The van der Waals surface area contributed by atoms with Crippen molar-refractivity contribution in [1.29, 1.82) is 0 Å². The molecule has 6 rings (SSSR count). The number of hydrogen-bond acceptors (Lipinski definition) is 8. The lowest BCUT2D eigenvalue weighted by Crippen LogP contribution is -2.12. The van der Waals surface area contributed by atoms with Gasteiger partial charge in [0.15, 0.2) is 9.84 Å². The van der Waals surface area contributed by atoms with Gasteiger partial charge in [0.25, 0.3) is 0 Å². The number of benzene rings is 3. The van der Waals surface area contributed by atoms with E-state index in [0.29, 0.717) is 22.0 Å². The Labute approximate surface area is 230 Å². The van der Waals surface area contributed by atoms with Crippen LogP contribution >= 0.6 is 11.6 Å². The first kappa shape index (κ1) is 25.9. The van der Waals surface area contributed by atoms with E-state index in [9.17, 15) is 16.8 Å². The summed E-state index contributed by atoms with van der Waals surface area (Å²) >= 11 is 6.51. The Morgan fingerprint density at radius 2 is 1.90 bits per heavy atom. The minimum Gasteiger partial charge on any atom is -0.489 e. The zero-order valence-electron chi connectivity index (χ0n) is 20.7. The molecule has 9 nitrogen and oxygen atoms in total. The second kappa shape index (κ2) is 9.37. The van der Waals surface area contributed by atoms with Crippen LogP contribution in [0.2, 0.25) is 5.02 Å². The molecule has 0 unspecified atom stereocenters. The first-order chi connectivity index (χ1) is 18.5. The number of nitrogens with zero attached hydrogens (tertiary/aromatic N) is 1. The van der Waals surface area contributed by atoms with Crippen molar-refractivity contribution >= 4 is 31.5 Å². The van der Waals surface area contributed by atoms with Gasteiger partial charge >= 0.3 is 0 Å². The summed E-state index contributed by atoms with van der Waals surface area (Å²) in [6.45, 7) is 2.03. The van der Waals surface area contributed by atoms with Crippen molar-refractivity contribution in [3.8, 4) is 28.5 Å². The van der Waals surface area contributed by atoms with E-state index in [4.69, 9.17) is 30.7 Å². The van der Waals surface area contributed by atoms with E-state index >= 15 is 0 Å². The number of sulfonamides is 1. The summed E-state index contributed by atoms with van der Waals surface area (Å²) in [7, 11) is -7.84. The summed E-state index contributed by atoms with van der Waals surface area (Å²) in [5.74, 6) is 1.10. The zero-order chi connectivity index (χ0) is 27.5. The molecular weight excluding hydrogens is 564 g/mol. The van der Waals surface area contributed by atoms with E-state index in [0.717, 1.165) is 35.3 Å². The lowest BCUT2D eigenvalue weighted by molar-refractivity contribution is 0.299. The Morgan fingerprint density at radius 1 is 1.10 bits per heavy atom. The molecule has 0 atom stereocenters. The van der Waals surface area contributed by atoms with Gasteiger partial charge < -0.3 is 14.0 Å². The topological polar surface area (TPSA) is 139 Å². The summed E-state index contributed by atoms with van der Waals surface area (Å²) in [6, 6.07) is 13.9. The predicted molar refractivity (Wildman–Crippen MR) is 143 cm³/mol. The van der Waals surface area contributed by atoms with Crippen molar-refractivity contribution in [3.05, 3.63) is 82.1 Å². The zero-order valence-corrected chi connectivity index (χ0v) is 23.1. The van der Waals surface area contributed by atoms with Crippen LogP contribution in [0.3, 0.4) is 0 Å². The molecule has 39 heavy (non-hydrogen) atoms. The van der Waals surface area contributed by atoms with Crippen LogP contribution in [-0.2, 0) is 32.2 Å². The highest BCUT2D eigenvalue weighted by Gasteiger charge is 2.34. The number of rotatable bonds is 6. The number of ether oxygens (including phenoxy) is 2. The molecule has 1 aliphatic carbocycles. The highest BCUT2D eigenvalue weighted by Crippen LogP contribution is 2.46. The van der Waals surface area contributed by atoms with Crippen LogP contribution in [0.15, 0.2) is 68.9 Å². The summed E-state index contributed by atoms with van der Waals surface area (Å²) < 4.78 is 67.8. The number of aryl methyl sites for hydroxylation is 1. The molecule has 0 saturated heterocycles. The third-order valence-corrected chi connectivity index (χ3v) is 9.70. The molecule has 0 amide bonds. The quantitative estimate of drug-likeness (QED) is 0.313. The molecule has 3 aromatic carbocycles. The van der Waals surface area contributed by atoms with Gasteiger partial charge in [-0.3, -0.25) is 0 Å². The van der Waals surface area contributed by atoms with Gasteiger partial charge in [0.1, 0.15) is 40.2 Å². The Balaban J connectivity index is 1.33. The summed E-state index contributed by atoms with van der Waals surface area (Å²) in [6.07, 6.45) is 1.98. The minimum atomic E-state index is -3.99. The van der Waals surface area contributed by atoms with Gasteiger partial charge in [0.05, 0.1) is 21.2 Å². The molecule has 1 fully saturated rings. The number of halogens is 1. The van der Waals surface area contributed by atoms with Crippen molar-refractivity contribution in [2.45, 2.75) is 47.8 Å². The van der Waals surface area contributed by atoms with Crippen LogP contribution in [-0.4, -0.2) is 22.0 Å². The Hall–Kier alpha value is -3.38. The Kier molecular flexibility index (Phi) is 6.22. The maximum atomic E-state index is 13.3. The van der Waals surface area contributed by atoms with Crippen molar-refractivity contribution in [2.24, 2.45) is 5.14 Å².